The maximum Gasteiger partial charge on any atom is 0.168 e. The Morgan fingerprint density at radius 3 is 2.80 bits per heavy atom. The van der Waals surface area contributed by atoms with Gasteiger partial charge in [0.25, 0.3) is 0 Å². The summed E-state index contributed by atoms with van der Waals surface area (Å²) in [5.41, 5.74) is 1.99. The zero-order valence-corrected chi connectivity index (χ0v) is 12.9. The molecule has 0 spiro atoms. The molecule has 2 aromatic carbocycles. The summed E-state index contributed by atoms with van der Waals surface area (Å²) in [5, 5.41) is 4.91. The highest BCUT2D eigenvalue weighted by Crippen LogP contribution is 2.22. The quantitative estimate of drug-likeness (QED) is 0.510. The topological polar surface area (TPSA) is 34.5 Å². The van der Waals surface area contributed by atoms with Gasteiger partial charge in [-0.3, -0.25) is 0 Å². The molecule has 0 aliphatic heterocycles. The van der Waals surface area contributed by atoms with Crippen molar-refractivity contribution in [3.05, 3.63) is 63.6 Å². The number of nitrogens with zero attached hydrogens (tertiary/aromatic N) is 2. The van der Waals surface area contributed by atoms with E-state index in [0.717, 1.165) is 20.6 Å². The summed E-state index contributed by atoms with van der Waals surface area (Å²) in [5.74, 6) is 0. The van der Waals surface area contributed by atoms with Crippen molar-refractivity contribution in [3.63, 3.8) is 0 Å². The monoisotopic (exact) mass is 346 g/mol. The molecule has 20 heavy (non-hydrogen) atoms. The summed E-state index contributed by atoms with van der Waals surface area (Å²) in [6.45, 7) is 0.389. The van der Waals surface area contributed by atoms with Crippen molar-refractivity contribution in [3.8, 4) is 0 Å². The first-order valence-corrected chi connectivity index (χ1v) is 7.68. The lowest BCUT2D eigenvalue weighted by atomic mass is 10.2. The Morgan fingerprint density at radius 1 is 1.15 bits per heavy atom. The Balaban J connectivity index is 1.64. The van der Waals surface area contributed by atoms with Crippen molar-refractivity contribution in [1.29, 1.82) is 0 Å². The van der Waals surface area contributed by atoms with E-state index in [1.165, 1.54) is 4.70 Å². The molecule has 0 saturated heterocycles. The molecule has 0 amide bonds. The lowest BCUT2D eigenvalue weighted by molar-refractivity contribution is 0.132. The van der Waals surface area contributed by atoms with Crippen molar-refractivity contribution in [2.45, 2.75) is 6.61 Å². The maximum atomic E-state index is 5.30. The number of thiazole rings is 1. The molecule has 0 N–H and O–H groups in total. The number of hydrogen-bond donors (Lipinski definition) is 0. The average molecular weight is 347 g/mol. The maximum absolute atomic E-state index is 5.30. The minimum absolute atomic E-state index is 0.389. The molecule has 5 heteroatoms. The van der Waals surface area contributed by atoms with Crippen LogP contribution in [0.4, 0.5) is 0 Å². The summed E-state index contributed by atoms with van der Waals surface area (Å²) in [4.78, 5) is 9.79. The van der Waals surface area contributed by atoms with E-state index >= 15 is 0 Å². The summed E-state index contributed by atoms with van der Waals surface area (Å²) in [6, 6.07) is 15.9. The van der Waals surface area contributed by atoms with E-state index in [4.69, 9.17) is 4.84 Å². The van der Waals surface area contributed by atoms with E-state index in [1.54, 1.807) is 17.6 Å². The number of para-hydroxylation sites is 1. The molecule has 0 bridgehead atoms. The van der Waals surface area contributed by atoms with Crippen LogP contribution in [-0.4, -0.2) is 11.2 Å². The number of rotatable bonds is 4. The summed E-state index contributed by atoms with van der Waals surface area (Å²) in [7, 11) is 0. The first-order valence-electron chi connectivity index (χ1n) is 6.07. The Kier molecular flexibility index (Phi) is 4.08. The predicted octanol–water partition coefficient (Wildman–Crippen LogP) is 4.61. The minimum atomic E-state index is 0.389. The smallest absolute Gasteiger partial charge is 0.168 e. The second-order valence-corrected chi connectivity index (χ2v) is 6.07. The Bertz CT molecular complexity index is 721. The third kappa shape index (κ3) is 3.05. The first-order chi connectivity index (χ1) is 9.83. The third-order valence-corrected chi connectivity index (χ3v) is 4.43. The number of fused-ring (bicyclic) bond motifs is 1. The van der Waals surface area contributed by atoms with Gasteiger partial charge in [0, 0.05) is 10.0 Å². The van der Waals surface area contributed by atoms with Gasteiger partial charge < -0.3 is 4.84 Å². The standard InChI is InChI=1S/C15H11BrN2OS/c16-12-6-2-1-5-11(12)9-17-19-10-15-18-13-7-3-4-8-14(13)20-15/h1-9H,10H2/b17-9-. The molecule has 0 radical (unpaired) electrons. The molecule has 0 saturated carbocycles. The molecule has 0 atom stereocenters. The summed E-state index contributed by atoms with van der Waals surface area (Å²) >= 11 is 5.09. The highest BCUT2D eigenvalue weighted by molar-refractivity contribution is 9.10. The van der Waals surface area contributed by atoms with Gasteiger partial charge in [-0.25, -0.2) is 4.98 Å². The van der Waals surface area contributed by atoms with Crippen molar-refractivity contribution in [2.24, 2.45) is 5.16 Å². The number of halogens is 1. The van der Waals surface area contributed by atoms with Crippen LogP contribution in [0.1, 0.15) is 10.6 Å². The van der Waals surface area contributed by atoms with Crippen LogP contribution in [0.2, 0.25) is 0 Å². The molecule has 1 aromatic heterocycles. The van der Waals surface area contributed by atoms with Crippen molar-refractivity contribution < 1.29 is 4.84 Å². The normalized spacial score (nSPS) is 11.2. The second-order valence-electron chi connectivity index (χ2n) is 4.10. The fourth-order valence-corrected chi connectivity index (χ4v) is 3.01. The van der Waals surface area contributed by atoms with Gasteiger partial charge in [0.05, 0.1) is 16.4 Å². The molecule has 0 unspecified atom stereocenters. The SMILES string of the molecule is Brc1ccccc1/C=N\OCc1nc2ccccc2s1. The highest BCUT2D eigenvalue weighted by Gasteiger charge is 2.02. The van der Waals surface area contributed by atoms with Gasteiger partial charge in [-0.05, 0) is 18.2 Å². The van der Waals surface area contributed by atoms with Crippen LogP contribution in [-0.2, 0) is 11.4 Å². The highest BCUT2D eigenvalue weighted by atomic mass is 79.9. The zero-order valence-electron chi connectivity index (χ0n) is 10.5. The third-order valence-electron chi connectivity index (χ3n) is 2.70. The van der Waals surface area contributed by atoms with Crippen molar-refractivity contribution in [1.82, 2.24) is 4.98 Å². The molecular weight excluding hydrogens is 336 g/mol. The van der Waals surface area contributed by atoms with Crippen LogP contribution >= 0.6 is 27.3 Å². The molecule has 1 heterocycles. The summed E-state index contributed by atoms with van der Waals surface area (Å²) < 4.78 is 2.16. The Hall–Kier alpha value is -1.72. The van der Waals surface area contributed by atoms with Crippen molar-refractivity contribution >= 4 is 43.7 Å². The molecule has 0 aliphatic carbocycles. The van der Waals surface area contributed by atoms with Gasteiger partial charge in [0.15, 0.2) is 6.61 Å². The van der Waals surface area contributed by atoms with Crippen LogP contribution in [0.5, 0.6) is 0 Å². The van der Waals surface area contributed by atoms with Crippen molar-refractivity contribution in [2.75, 3.05) is 0 Å². The van der Waals surface area contributed by atoms with Gasteiger partial charge in [-0.1, -0.05) is 51.4 Å². The van der Waals surface area contributed by atoms with Gasteiger partial charge in [0.1, 0.15) is 5.01 Å². The van der Waals surface area contributed by atoms with E-state index in [-0.39, 0.29) is 0 Å². The molecule has 3 nitrogen and oxygen atoms in total. The number of benzene rings is 2. The fraction of sp³-hybridized carbons (Fsp3) is 0.0667. The lowest BCUT2D eigenvalue weighted by Crippen LogP contribution is -1.88. The average Bonchev–Trinajstić information content (AvgIpc) is 2.88. The summed E-state index contributed by atoms with van der Waals surface area (Å²) in [6.07, 6.45) is 1.69. The van der Waals surface area contributed by atoms with E-state index in [0.29, 0.717) is 6.61 Å². The molecular formula is C15H11BrN2OS. The Morgan fingerprint density at radius 2 is 1.95 bits per heavy atom. The van der Waals surface area contributed by atoms with Crippen LogP contribution in [0, 0.1) is 0 Å². The van der Waals surface area contributed by atoms with Gasteiger partial charge in [0.2, 0.25) is 0 Å². The van der Waals surface area contributed by atoms with Gasteiger partial charge >= 0.3 is 0 Å². The predicted molar refractivity (Wildman–Crippen MR) is 86.1 cm³/mol. The zero-order chi connectivity index (χ0) is 13.8. The fourth-order valence-electron chi connectivity index (χ4n) is 1.75. The largest absolute Gasteiger partial charge is 0.388 e. The molecule has 100 valence electrons. The van der Waals surface area contributed by atoms with Crippen LogP contribution in [0.25, 0.3) is 10.2 Å². The Labute approximate surface area is 129 Å². The molecule has 0 fully saturated rings. The van der Waals surface area contributed by atoms with Crippen LogP contribution < -0.4 is 0 Å². The van der Waals surface area contributed by atoms with Gasteiger partial charge in [-0.2, -0.15) is 0 Å². The van der Waals surface area contributed by atoms with E-state index in [1.807, 2.05) is 42.5 Å². The van der Waals surface area contributed by atoms with Gasteiger partial charge in [-0.15, -0.1) is 11.3 Å². The first kappa shape index (κ1) is 13.3. The minimum Gasteiger partial charge on any atom is -0.388 e. The van der Waals surface area contributed by atoms with E-state index in [2.05, 4.69) is 32.1 Å². The number of aromatic nitrogens is 1. The van der Waals surface area contributed by atoms with Crippen LogP contribution in [0.3, 0.4) is 0 Å². The van der Waals surface area contributed by atoms with E-state index in [9.17, 15) is 0 Å². The molecule has 3 aromatic rings. The molecule has 3 rings (SSSR count). The second kappa shape index (κ2) is 6.15. The molecule has 0 aliphatic rings. The van der Waals surface area contributed by atoms with Crippen LogP contribution in [0.15, 0.2) is 58.2 Å². The van der Waals surface area contributed by atoms with E-state index < -0.39 is 0 Å². The number of hydrogen-bond acceptors (Lipinski definition) is 4. The number of oxime groups is 1. The lowest BCUT2D eigenvalue weighted by Gasteiger charge is -1.97.